The Kier molecular flexibility index (Phi) is 5.98. The van der Waals surface area contributed by atoms with Crippen molar-refractivity contribution in [1.82, 2.24) is 9.97 Å². The number of ether oxygens (including phenoxy) is 1. The van der Waals surface area contributed by atoms with Gasteiger partial charge in [0.1, 0.15) is 11.4 Å². The van der Waals surface area contributed by atoms with E-state index in [0.29, 0.717) is 11.8 Å². The third-order valence-corrected chi connectivity index (χ3v) is 4.94. The maximum absolute atomic E-state index is 13.8. The normalized spacial score (nSPS) is 15.8. The molecule has 0 saturated carbocycles. The lowest BCUT2D eigenvalue weighted by atomic mass is 9.90. The largest absolute Gasteiger partial charge is 0.469 e. The average molecular weight is 372 g/mol. The van der Waals surface area contributed by atoms with Gasteiger partial charge in [-0.3, -0.25) is 0 Å². The van der Waals surface area contributed by atoms with Crippen molar-refractivity contribution in [2.75, 3.05) is 18.0 Å². The van der Waals surface area contributed by atoms with E-state index in [0.717, 1.165) is 55.8 Å². The molecule has 27 heavy (non-hydrogen) atoms. The van der Waals surface area contributed by atoms with Gasteiger partial charge in [-0.05, 0) is 70.9 Å². The molecule has 0 atom stereocenters. The van der Waals surface area contributed by atoms with Crippen LogP contribution in [0.1, 0.15) is 51.3 Å². The number of halogens is 1. The van der Waals surface area contributed by atoms with Crippen molar-refractivity contribution in [3.05, 3.63) is 47.5 Å². The Morgan fingerprint density at radius 1 is 1.19 bits per heavy atom. The van der Waals surface area contributed by atoms with Crippen molar-refractivity contribution in [3.63, 3.8) is 0 Å². The minimum absolute atomic E-state index is 0.0889. The second-order valence-corrected chi connectivity index (χ2v) is 8.42. The Morgan fingerprint density at radius 2 is 1.89 bits per heavy atom. The van der Waals surface area contributed by atoms with E-state index in [-0.39, 0.29) is 11.4 Å². The highest BCUT2D eigenvalue weighted by atomic mass is 19.1. The zero-order chi connectivity index (χ0) is 19.4. The number of benzene rings is 1. The quantitative estimate of drug-likeness (QED) is 0.745. The molecule has 1 aromatic carbocycles. The molecule has 0 spiro atoms. The van der Waals surface area contributed by atoms with Crippen molar-refractivity contribution in [2.24, 2.45) is 5.92 Å². The molecule has 0 radical (unpaired) electrons. The third-order valence-electron chi connectivity index (χ3n) is 4.94. The van der Waals surface area contributed by atoms with E-state index < -0.39 is 0 Å². The molecule has 0 bridgehead atoms. The highest BCUT2D eigenvalue weighted by molar-refractivity contribution is 5.49. The predicted molar refractivity (Wildman–Crippen MR) is 107 cm³/mol. The van der Waals surface area contributed by atoms with E-state index in [1.54, 1.807) is 18.3 Å². The van der Waals surface area contributed by atoms with Gasteiger partial charge >= 0.3 is 0 Å². The zero-order valence-corrected chi connectivity index (χ0v) is 16.8. The van der Waals surface area contributed by atoms with Crippen LogP contribution in [0.25, 0.3) is 0 Å². The van der Waals surface area contributed by atoms with Crippen LogP contribution in [-0.4, -0.2) is 28.7 Å². The summed E-state index contributed by atoms with van der Waals surface area (Å²) in [5.74, 6) is 1.98. The van der Waals surface area contributed by atoms with Crippen LogP contribution in [0.3, 0.4) is 0 Å². The van der Waals surface area contributed by atoms with Crippen LogP contribution in [0.5, 0.6) is 5.88 Å². The number of aryl methyl sites for hydroxylation is 2. The SMILES string of the molecule is Cc1cnc(OC(C)(C)C)c(N2CCC(CCc3ccccc3F)CC2)n1. The molecule has 1 aliphatic heterocycles. The fourth-order valence-corrected chi connectivity index (χ4v) is 3.52. The van der Waals surface area contributed by atoms with Crippen molar-refractivity contribution < 1.29 is 9.13 Å². The first kappa shape index (κ1) is 19.6. The van der Waals surface area contributed by atoms with Crippen LogP contribution in [-0.2, 0) is 6.42 Å². The van der Waals surface area contributed by atoms with Crippen LogP contribution >= 0.6 is 0 Å². The van der Waals surface area contributed by atoms with Gasteiger partial charge in [0.15, 0.2) is 5.82 Å². The minimum atomic E-state index is -0.309. The molecule has 1 aromatic heterocycles. The van der Waals surface area contributed by atoms with Crippen molar-refractivity contribution >= 4 is 5.82 Å². The molecule has 0 amide bonds. The molecule has 5 heteroatoms. The zero-order valence-electron chi connectivity index (χ0n) is 16.8. The summed E-state index contributed by atoms with van der Waals surface area (Å²) < 4.78 is 19.8. The Balaban J connectivity index is 1.60. The minimum Gasteiger partial charge on any atom is -0.469 e. The van der Waals surface area contributed by atoms with Crippen LogP contribution in [0.2, 0.25) is 0 Å². The lowest BCUT2D eigenvalue weighted by Crippen LogP contribution is -2.36. The van der Waals surface area contributed by atoms with Gasteiger partial charge in [0, 0.05) is 13.1 Å². The summed E-state index contributed by atoms with van der Waals surface area (Å²) in [5, 5.41) is 0. The number of hydrogen-bond acceptors (Lipinski definition) is 4. The summed E-state index contributed by atoms with van der Waals surface area (Å²) in [4.78, 5) is 11.5. The van der Waals surface area contributed by atoms with Gasteiger partial charge in [-0.25, -0.2) is 14.4 Å². The maximum atomic E-state index is 13.8. The molecule has 0 unspecified atom stereocenters. The number of anilines is 1. The lowest BCUT2D eigenvalue weighted by Gasteiger charge is -2.34. The monoisotopic (exact) mass is 371 g/mol. The summed E-state index contributed by atoms with van der Waals surface area (Å²) in [6.07, 6.45) is 5.75. The molecular weight excluding hydrogens is 341 g/mol. The fourth-order valence-electron chi connectivity index (χ4n) is 3.52. The molecular formula is C22H30FN3O. The smallest absolute Gasteiger partial charge is 0.258 e. The van der Waals surface area contributed by atoms with Gasteiger partial charge in [0.05, 0.1) is 11.9 Å². The van der Waals surface area contributed by atoms with Gasteiger partial charge in [-0.2, -0.15) is 0 Å². The maximum Gasteiger partial charge on any atom is 0.258 e. The summed E-state index contributed by atoms with van der Waals surface area (Å²) in [6, 6.07) is 7.10. The van der Waals surface area contributed by atoms with Crippen LogP contribution in [0.4, 0.5) is 10.2 Å². The van der Waals surface area contributed by atoms with Crippen molar-refractivity contribution in [1.29, 1.82) is 0 Å². The van der Waals surface area contributed by atoms with E-state index in [1.165, 1.54) is 0 Å². The second-order valence-electron chi connectivity index (χ2n) is 8.42. The van der Waals surface area contributed by atoms with E-state index in [9.17, 15) is 4.39 Å². The molecule has 3 rings (SSSR count). The molecule has 4 nitrogen and oxygen atoms in total. The molecule has 0 aliphatic carbocycles. The number of nitrogens with zero attached hydrogens (tertiary/aromatic N) is 3. The molecule has 1 fully saturated rings. The Morgan fingerprint density at radius 3 is 2.56 bits per heavy atom. The van der Waals surface area contributed by atoms with E-state index in [2.05, 4.69) is 9.88 Å². The first-order valence-electron chi connectivity index (χ1n) is 9.83. The Bertz CT molecular complexity index is 764. The van der Waals surface area contributed by atoms with E-state index in [1.807, 2.05) is 39.8 Å². The van der Waals surface area contributed by atoms with Gasteiger partial charge < -0.3 is 9.64 Å². The molecule has 0 N–H and O–H groups in total. The third kappa shape index (κ3) is 5.41. The molecule has 146 valence electrons. The standard InChI is InChI=1S/C22H30FN3O/c1-16-15-24-21(27-22(2,3)4)20(25-16)26-13-11-17(12-14-26)9-10-18-7-5-6-8-19(18)23/h5-8,15,17H,9-14H2,1-4H3. The fraction of sp³-hybridized carbons (Fsp3) is 0.545. The highest BCUT2D eigenvalue weighted by Crippen LogP contribution is 2.31. The van der Waals surface area contributed by atoms with E-state index >= 15 is 0 Å². The molecule has 2 heterocycles. The summed E-state index contributed by atoms with van der Waals surface area (Å²) in [5.41, 5.74) is 1.41. The first-order chi connectivity index (χ1) is 12.8. The van der Waals surface area contributed by atoms with Crippen LogP contribution in [0, 0.1) is 18.7 Å². The average Bonchev–Trinajstić information content (AvgIpc) is 2.62. The van der Waals surface area contributed by atoms with E-state index in [4.69, 9.17) is 9.72 Å². The molecule has 2 aromatic rings. The van der Waals surface area contributed by atoms with Gasteiger partial charge in [0.2, 0.25) is 0 Å². The number of piperidine rings is 1. The lowest BCUT2D eigenvalue weighted by molar-refractivity contribution is 0.123. The molecule has 1 aliphatic rings. The Labute approximate surface area is 161 Å². The highest BCUT2D eigenvalue weighted by Gasteiger charge is 2.25. The number of rotatable bonds is 5. The van der Waals surface area contributed by atoms with Gasteiger partial charge in [-0.15, -0.1) is 0 Å². The van der Waals surface area contributed by atoms with Gasteiger partial charge in [-0.1, -0.05) is 18.2 Å². The predicted octanol–water partition coefficient (Wildman–Crippen LogP) is 4.95. The molecule has 1 saturated heterocycles. The first-order valence-corrected chi connectivity index (χ1v) is 9.83. The van der Waals surface area contributed by atoms with Crippen LogP contribution < -0.4 is 9.64 Å². The van der Waals surface area contributed by atoms with Crippen LogP contribution in [0.15, 0.2) is 30.5 Å². The summed E-state index contributed by atoms with van der Waals surface area (Å²) in [6.45, 7) is 9.88. The topological polar surface area (TPSA) is 38.2 Å². The second kappa shape index (κ2) is 8.24. The number of hydrogen-bond donors (Lipinski definition) is 0. The van der Waals surface area contributed by atoms with Crippen molar-refractivity contribution in [2.45, 2.75) is 59.0 Å². The Hall–Kier alpha value is -2.17. The van der Waals surface area contributed by atoms with Gasteiger partial charge in [0.25, 0.3) is 5.88 Å². The summed E-state index contributed by atoms with van der Waals surface area (Å²) in [7, 11) is 0. The summed E-state index contributed by atoms with van der Waals surface area (Å²) >= 11 is 0. The number of aromatic nitrogens is 2. The van der Waals surface area contributed by atoms with Crippen molar-refractivity contribution in [3.8, 4) is 5.88 Å².